The Balaban J connectivity index is 2.07. The Morgan fingerprint density at radius 1 is 1.44 bits per heavy atom. The number of rotatable bonds is 0. The van der Waals surface area contributed by atoms with Gasteiger partial charge in [0.25, 0.3) is 0 Å². The van der Waals surface area contributed by atoms with Crippen LogP contribution in [-0.4, -0.2) is 27.7 Å². The van der Waals surface area contributed by atoms with E-state index in [-0.39, 0.29) is 23.5 Å². The molecule has 0 unspecified atom stereocenters. The van der Waals surface area contributed by atoms with Crippen LogP contribution in [0.4, 0.5) is 0 Å². The van der Waals surface area contributed by atoms with Crippen molar-refractivity contribution < 1.29 is 15.0 Å². The number of aliphatic hydroxyl groups is 2. The number of ketones is 1. The van der Waals surface area contributed by atoms with E-state index >= 15 is 0 Å². The zero-order chi connectivity index (χ0) is 13.2. The van der Waals surface area contributed by atoms with Gasteiger partial charge in [0.2, 0.25) is 0 Å². The molecule has 3 aliphatic carbocycles. The Morgan fingerprint density at radius 3 is 2.78 bits per heavy atom. The number of Topliss-reactive ketones (excluding diaryl/α,β-unsaturated/α-hetero) is 1. The van der Waals surface area contributed by atoms with Gasteiger partial charge in [-0.05, 0) is 43.1 Å². The minimum Gasteiger partial charge on any atom is -0.390 e. The summed E-state index contributed by atoms with van der Waals surface area (Å²) in [5, 5.41) is 20.9. The Morgan fingerprint density at radius 2 is 2.11 bits per heavy atom. The lowest BCUT2D eigenvalue weighted by Crippen LogP contribution is -2.52. The van der Waals surface area contributed by atoms with Crippen molar-refractivity contribution in [3.8, 4) is 0 Å². The van der Waals surface area contributed by atoms with E-state index in [4.69, 9.17) is 0 Å². The molecule has 0 radical (unpaired) electrons. The summed E-state index contributed by atoms with van der Waals surface area (Å²) in [5.41, 5.74) is -0.218. The minimum atomic E-state index is -0.865. The standard InChI is InChI=1S/C15H22O3/c1-7-6-10(16)11-8(2)14(17)13-12(11)9(7)4-5-15(13,3)18/h7,9,11-14,17-18H,2,4-6H2,1,3H3/t7-,9+,11+,12-,13-,14+,15+/m0/s1. The molecule has 3 nitrogen and oxygen atoms in total. The first-order valence-electron chi connectivity index (χ1n) is 6.96. The molecule has 100 valence electrons. The van der Waals surface area contributed by atoms with Crippen LogP contribution in [0.15, 0.2) is 12.2 Å². The molecule has 0 aromatic rings. The summed E-state index contributed by atoms with van der Waals surface area (Å²) in [6.45, 7) is 7.87. The summed E-state index contributed by atoms with van der Waals surface area (Å²) in [5.74, 6) is 0.723. The van der Waals surface area contributed by atoms with Crippen molar-refractivity contribution in [1.82, 2.24) is 0 Å². The molecule has 3 fully saturated rings. The number of hydrogen-bond acceptors (Lipinski definition) is 3. The van der Waals surface area contributed by atoms with Gasteiger partial charge in [0.05, 0.1) is 11.7 Å². The second-order valence-electron chi connectivity index (χ2n) is 6.81. The van der Waals surface area contributed by atoms with Crippen LogP contribution >= 0.6 is 0 Å². The van der Waals surface area contributed by atoms with E-state index < -0.39 is 11.7 Å². The van der Waals surface area contributed by atoms with Crippen LogP contribution in [0.1, 0.15) is 33.1 Å². The fourth-order valence-electron chi connectivity index (χ4n) is 4.85. The molecule has 3 heteroatoms. The predicted octanol–water partition coefficient (Wildman–Crippen LogP) is 1.54. The number of carbonyl (C=O) groups is 1. The van der Waals surface area contributed by atoms with Gasteiger partial charge in [-0.3, -0.25) is 4.79 Å². The average molecular weight is 250 g/mol. The minimum absolute atomic E-state index is 0.104. The van der Waals surface area contributed by atoms with Gasteiger partial charge in [-0.2, -0.15) is 0 Å². The lowest BCUT2D eigenvalue weighted by Gasteiger charge is -2.49. The van der Waals surface area contributed by atoms with Crippen molar-refractivity contribution >= 4 is 5.78 Å². The van der Waals surface area contributed by atoms with E-state index in [1.165, 1.54) is 0 Å². The van der Waals surface area contributed by atoms with Crippen LogP contribution in [0.25, 0.3) is 0 Å². The van der Waals surface area contributed by atoms with E-state index in [1.807, 2.05) is 0 Å². The Bertz CT molecular complexity index is 412. The van der Waals surface area contributed by atoms with Gasteiger partial charge in [0, 0.05) is 18.3 Å². The van der Waals surface area contributed by atoms with Crippen LogP contribution in [0, 0.1) is 29.6 Å². The molecule has 2 N–H and O–H groups in total. The monoisotopic (exact) mass is 250 g/mol. The van der Waals surface area contributed by atoms with Crippen molar-refractivity contribution in [2.45, 2.75) is 44.8 Å². The zero-order valence-electron chi connectivity index (χ0n) is 11.1. The molecule has 0 bridgehead atoms. The van der Waals surface area contributed by atoms with Gasteiger partial charge in [0.15, 0.2) is 0 Å². The van der Waals surface area contributed by atoms with Crippen LogP contribution in [0.3, 0.4) is 0 Å². The SMILES string of the molecule is C=C1[C@@H]2C(=O)C[C@H](C)[C@H]3CC[C@@](C)(O)[C@@H]([C@H]23)[C@@H]1O. The molecule has 0 heterocycles. The maximum atomic E-state index is 12.2. The molecule has 3 rings (SSSR count). The Labute approximate surface area is 108 Å². The molecular weight excluding hydrogens is 228 g/mol. The van der Waals surface area contributed by atoms with E-state index in [0.717, 1.165) is 6.42 Å². The largest absolute Gasteiger partial charge is 0.390 e. The lowest BCUT2D eigenvalue weighted by molar-refractivity contribution is -0.142. The van der Waals surface area contributed by atoms with E-state index in [9.17, 15) is 15.0 Å². The molecule has 3 saturated carbocycles. The molecule has 0 aromatic heterocycles. The topological polar surface area (TPSA) is 57.5 Å². The fraction of sp³-hybridized carbons (Fsp3) is 0.800. The highest BCUT2D eigenvalue weighted by molar-refractivity contribution is 5.86. The number of aliphatic hydroxyl groups excluding tert-OH is 1. The number of hydrogen-bond donors (Lipinski definition) is 2. The third-order valence-electron chi connectivity index (χ3n) is 5.72. The van der Waals surface area contributed by atoms with E-state index in [2.05, 4.69) is 13.5 Å². The van der Waals surface area contributed by atoms with Crippen LogP contribution < -0.4 is 0 Å². The number of carbonyl (C=O) groups excluding carboxylic acids is 1. The van der Waals surface area contributed by atoms with Crippen LogP contribution in [0.5, 0.6) is 0 Å². The molecule has 0 spiro atoms. The smallest absolute Gasteiger partial charge is 0.140 e. The van der Waals surface area contributed by atoms with Gasteiger partial charge in [-0.1, -0.05) is 13.5 Å². The van der Waals surface area contributed by atoms with E-state index in [1.54, 1.807) is 6.92 Å². The third kappa shape index (κ3) is 1.41. The molecule has 7 atom stereocenters. The van der Waals surface area contributed by atoms with Crippen molar-refractivity contribution in [3.63, 3.8) is 0 Å². The van der Waals surface area contributed by atoms with Gasteiger partial charge in [-0.25, -0.2) is 0 Å². The Hall–Kier alpha value is -0.670. The van der Waals surface area contributed by atoms with Gasteiger partial charge < -0.3 is 10.2 Å². The van der Waals surface area contributed by atoms with Crippen molar-refractivity contribution in [2.75, 3.05) is 0 Å². The second kappa shape index (κ2) is 3.67. The highest BCUT2D eigenvalue weighted by atomic mass is 16.3. The molecule has 0 aliphatic heterocycles. The molecule has 0 aromatic carbocycles. The summed E-state index contributed by atoms with van der Waals surface area (Å²) < 4.78 is 0. The maximum absolute atomic E-state index is 12.2. The highest BCUT2D eigenvalue weighted by Gasteiger charge is 2.61. The average Bonchev–Trinajstić information content (AvgIpc) is 2.52. The third-order valence-corrected chi connectivity index (χ3v) is 5.72. The van der Waals surface area contributed by atoms with Gasteiger partial charge in [-0.15, -0.1) is 0 Å². The first-order chi connectivity index (χ1) is 8.34. The Kier molecular flexibility index (Phi) is 2.52. The summed E-state index contributed by atoms with van der Waals surface area (Å²) >= 11 is 0. The van der Waals surface area contributed by atoms with Crippen molar-refractivity contribution in [1.29, 1.82) is 0 Å². The van der Waals surface area contributed by atoms with Crippen molar-refractivity contribution in [2.24, 2.45) is 29.6 Å². The molecular formula is C15H22O3. The second-order valence-corrected chi connectivity index (χ2v) is 6.81. The lowest BCUT2D eigenvalue weighted by atomic mass is 9.57. The first kappa shape index (κ1) is 12.4. The van der Waals surface area contributed by atoms with Gasteiger partial charge in [0.1, 0.15) is 5.78 Å². The summed E-state index contributed by atoms with van der Waals surface area (Å²) in [4.78, 5) is 12.2. The highest BCUT2D eigenvalue weighted by Crippen LogP contribution is 2.59. The zero-order valence-corrected chi connectivity index (χ0v) is 11.1. The van der Waals surface area contributed by atoms with Crippen LogP contribution in [0.2, 0.25) is 0 Å². The summed E-state index contributed by atoms with van der Waals surface area (Å²) in [6, 6.07) is 0. The van der Waals surface area contributed by atoms with E-state index in [0.29, 0.717) is 30.3 Å². The first-order valence-corrected chi connectivity index (χ1v) is 6.96. The predicted molar refractivity (Wildman–Crippen MR) is 67.8 cm³/mol. The molecule has 0 amide bonds. The molecule has 18 heavy (non-hydrogen) atoms. The maximum Gasteiger partial charge on any atom is 0.140 e. The molecule has 3 aliphatic rings. The summed E-state index contributed by atoms with van der Waals surface area (Å²) in [6.07, 6.45) is 1.56. The fourth-order valence-corrected chi connectivity index (χ4v) is 4.85. The van der Waals surface area contributed by atoms with Crippen LogP contribution in [-0.2, 0) is 4.79 Å². The normalized spacial score (nSPS) is 55.6. The van der Waals surface area contributed by atoms with Crippen molar-refractivity contribution in [3.05, 3.63) is 12.2 Å². The molecule has 0 saturated heterocycles. The quantitative estimate of drug-likeness (QED) is 0.641. The van der Waals surface area contributed by atoms with Gasteiger partial charge >= 0.3 is 0 Å². The summed E-state index contributed by atoms with van der Waals surface area (Å²) in [7, 11) is 0.